The molecule has 0 bridgehead atoms. The number of carbonyl (C=O) groups is 3. The fourth-order valence-corrected chi connectivity index (χ4v) is 4.97. The number of nitrogens with zero attached hydrogens (tertiary/aromatic N) is 2. The van der Waals surface area contributed by atoms with Crippen molar-refractivity contribution in [3.63, 3.8) is 0 Å². The van der Waals surface area contributed by atoms with E-state index in [2.05, 4.69) is 0 Å². The summed E-state index contributed by atoms with van der Waals surface area (Å²) in [5, 5.41) is 0. The van der Waals surface area contributed by atoms with E-state index in [1.807, 2.05) is 53.2 Å². The summed E-state index contributed by atoms with van der Waals surface area (Å²) in [7, 11) is 0. The van der Waals surface area contributed by atoms with Crippen LogP contribution in [0, 0.1) is 0 Å². The molecule has 34 heavy (non-hydrogen) atoms. The molecule has 1 aromatic carbocycles. The van der Waals surface area contributed by atoms with Gasteiger partial charge in [-0.3, -0.25) is 14.4 Å². The molecule has 1 aliphatic heterocycles. The van der Waals surface area contributed by atoms with Crippen LogP contribution in [0.25, 0.3) is 16.9 Å². The van der Waals surface area contributed by atoms with Crippen molar-refractivity contribution in [2.45, 2.75) is 44.5 Å². The van der Waals surface area contributed by atoms with E-state index >= 15 is 0 Å². The first-order valence-electron chi connectivity index (χ1n) is 10.6. The Balaban J connectivity index is 1.66. The molecule has 0 saturated carbocycles. The van der Waals surface area contributed by atoms with E-state index in [-0.39, 0.29) is 5.75 Å². The third-order valence-electron chi connectivity index (χ3n) is 5.06. The molecule has 3 aromatic rings. The minimum atomic E-state index is -1.02. The van der Waals surface area contributed by atoms with Crippen LogP contribution >= 0.6 is 11.8 Å². The number of thioether (sulfide) groups is 1. The number of aromatic nitrogens is 2. The molecule has 0 radical (unpaired) electrons. The molecule has 0 aliphatic carbocycles. The predicted molar refractivity (Wildman–Crippen MR) is 124 cm³/mol. The topological polar surface area (TPSA) is 105 Å². The van der Waals surface area contributed by atoms with Crippen molar-refractivity contribution in [2.24, 2.45) is 0 Å². The Morgan fingerprint density at radius 2 is 1.59 bits per heavy atom. The van der Waals surface area contributed by atoms with E-state index in [9.17, 15) is 14.4 Å². The number of rotatable bonds is 6. The minimum absolute atomic E-state index is 0.285. The molecule has 0 amide bonds. The SMILES string of the molecule is CC(=O)O[C@@H]1[C@@H](OC(C)=O)[C@H](OC(C)=O)CS[C@H]1Oc1cccn2cc(-c3ccccc3)nc12. The van der Waals surface area contributed by atoms with Gasteiger partial charge in [0, 0.05) is 44.5 Å². The fourth-order valence-electron chi connectivity index (χ4n) is 3.76. The maximum Gasteiger partial charge on any atom is 0.303 e. The third kappa shape index (κ3) is 5.33. The summed E-state index contributed by atoms with van der Waals surface area (Å²) in [6.45, 7) is 3.76. The summed E-state index contributed by atoms with van der Waals surface area (Å²) in [6.07, 6.45) is 0.942. The number of hydrogen-bond acceptors (Lipinski definition) is 9. The molecule has 1 fully saturated rings. The molecule has 4 atom stereocenters. The number of pyridine rings is 1. The highest BCUT2D eigenvalue weighted by Crippen LogP contribution is 2.35. The van der Waals surface area contributed by atoms with Crippen molar-refractivity contribution in [1.82, 2.24) is 9.38 Å². The zero-order valence-corrected chi connectivity index (χ0v) is 19.7. The summed E-state index contributed by atoms with van der Waals surface area (Å²) in [6, 6.07) is 13.3. The quantitative estimate of drug-likeness (QED) is 0.385. The van der Waals surface area contributed by atoms with Gasteiger partial charge in [0.1, 0.15) is 0 Å². The Kier molecular flexibility index (Phi) is 7.06. The van der Waals surface area contributed by atoms with Gasteiger partial charge in [0.25, 0.3) is 0 Å². The molecule has 10 heteroatoms. The lowest BCUT2D eigenvalue weighted by Crippen LogP contribution is -2.55. The first-order chi connectivity index (χ1) is 16.3. The molecule has 178 valence electrons. The normalized spacial score (nSPS) is 22.1. The van der Waals surface area contributed by atoms with E-state index in [1.54, 1.807) is 6.07 Å². The Labute approximate surface area is 200 Å². The second-order valence-corrected chi connectivity index (χ2v) is 8.84. The summed E-state index contributed by atoms with van der Waals surface area (Å²) >= 11 is 1.30. The molecule has 2 aromatic heterocycles. The molecule has 1 aliphatic rings. The lowest BCUT2D eigenvalue weighted by molar-refractivity contribution is -0.186. The lowest BCUT2D eigenvalue weighted by Gasteiger charge is -2.39. The standard InChI is InChI=1S/C24H24N2O7S/c1-14(27)30-20-13-34-24(22(32-16(3)29)21(20)31-15(2)28)33-19-10-7-11-26-12-18(25-23(19)26)17-8-5-4-6-9-17/h4-12,20-22,24H,13H2,1-3H3/t20-,21+,22-,24-/m1/s1. The third-order valence-corrected chi connectivity index (χ3v) is 6.28. The average molecular weight is 485 g/mol. The van der Waals surface area contributed by atoms with Crippen LogP contribution in [-0.2, 0) is 28.6 Å². The van der Waals surface area contributed by atoms with Gasteiger partial charge in [-0.05, 0) is 12.1 Å². The molecule has 0 spiro atoms. The second-order valence-electron chi connectivity index (χ2n) is 7.71. The zero-order valence-electron chi connectivity index (χ0n) is 18.9. The summed E-state index contributed by atoms with van der Waals surface area (Å²) in [5.74, 6) is -0.948. The highest BCUT2D eigenvalue weighted by molar-refractivity contribution is 7.99. The maximum atomic E-state index is 11.9. The highest BCUT2D eigenvalue weighted by Gasteiger charge is 2.47. The van der Waals surface area contributed by atoms with Gasteiger partial charge in [-0.25, -0.2) is 4.98 Å². The van der Waals surface area contributed by atoms with Crippen LogP contribution in [0.5, 0.6) is 5.75 Å². The van der Waals surface area contributed by atoms with Gasteiger partial charge in [-0.2, -0.15) is 0 Å². The number of ether oxygens (including phenoxy) is 4. The van der Waals surface area contributed by atoms with Gasteiger partial charge >= 0.3 is 17.9 Å². The van der Waals surface area contributed by atoms with Crippen molar-refractivity contribution in [3.8, 4) is 17.0 Å². The number of benzene rings is 1. The minimum Gasteiger partial charge on any atom is -0.472 e. The van der Waals surface area contributed by atoms with Crippen LogP contribution in [0.3, 0.4) is 0 Å². The van der Waals surface area contributed by atoms with Crippen LogP contribution in [0.2, 0.25) is 0 Å². The highest BCUT2D eigenvalue weighted by atomic mass is 32.2. The van der Waals surface area contributed by atoms with Crippen molar-refractivity contribution < 1.29 is 33.3 Å². The molecule has 0 unspecified atom stereocenters. The predicted octanol–water partition coefficient (Wildman–Crippen LogP) is 3.25. The monoisotopic (exact) mass is 484 g/mol. The maximum absolute atomic E-state index is 11.9. The van der Waals surface area contributed by atoms with Gasteiger partial charge in [0.15, 0.2) is 35.1 Å². The first-order valence-corrected chi connectivity index (χ1v) is 11.7. The Morgan fingerprint density at radius 1 is 0.912 bits per heavy atom. The van der Waals surface area contributed by atoms with Crippen molar-refractivity contribution in [2.75, 3.05) is 5.75 Å². The number of fused-ring (bicyclic) bond motifs is 1. The molecule has 1 saturated heterocycles. The Bertz CT molecular complexity index is 1200. The van der Waals surface area contributed by atoms with Gasteiger partial charge < -0.3 is 23.3 Å². The average Bonchev–Trinajstić information content (AvgIpc) is 3.23. The van der Waals surface area contributed by atoms with Gasteiger partial charge in [-0.1, -0.05) is 30.3 Å². The first kappa shape index (κ1) is 23.6. The number of imidazole rings is 1. The number of esters is 3. The van der Waals surface area contributed by atoms with Gasteiger partial charge in [-0.15, -0.1) is 11.8 Å². The fraction of sp³-hybridized carbons (Fsp3) is 0.333. The largest absolute Gasteiger partial charge is 0.472 e. The molecule has 9 nitrogen and oxygen atoms in total. The Morgan fingerprint density at radius 3 is 2.26 bits per heavy atom. The summed E-state index contributed by atoms with van der Waals surface area (Å²) in [4.78, 5) is 40.0. The molecule has 4 rings (SSSR count). The summed E-state index contributed by atoms with van der Waals surface area (Å²) < 4.78 is 24.4. The molecular formula is C24H24N2O7S. The van der Waals surface area contributed by atoms with Crippen LogP contribution in [-0.4, -0.2) is 56.8 Å². The lowest BCUT2D eigenvalue weighted by atomic mass is 10.1. The molecule has 3 heterocycles. The smallest absolute Gasteiger partial charge is 0.303 e. The van der Waals surface area contributed by atoms with E-state index in [0.29, 0.717) is 11.4 Å². The van der Waals surface area contributed by atoms with Crippen LogP contribution in [0.4, 0.5) is 0 Å². The van der Waals surface area contributed by atoms with E-state index in [4.69, 9.17) is 23.9 Å². The van der Waals surface area contributed by atoms with E-state index in [0.717, 1.165) is 11.3 Å². The van der Waals surface area contributed by atoms with E-state index < -0.39 is 41.7 Å². The van der Waals surface area contributed by atoms with Crippen LogP contribution < -0.4 is 4.74 Å². The van der Waals surface area contributed by atoms with Crippen LogP contribution in [0.15, 0.2) is 54.9 Å². The van der Waals surface area contributed by atoms with Crippen molar-refractivity contribution >= 4 is 35.3 Å². The van der Waals surface area contributed by atoms with Crippen molar-refractivity contribution in [3.05, 3.63) is 54.9 Å². The Hall–Kier alpha value is -3.53. The van der Waals surface area contributed by atoms with Crippen LogP contribution in [0.1, 0.15) is 20.8 Å². The van der Waals surface area contributed by atoms with Gasteiger partial charge in [0.05, 0.1) is 5.69 Å². The molecular weight excluding hydrogens is 460 g/mol. The zero-order chi connectivity index (χ0) is 24.2. The van der Waals surface area contributed by atoms with Crippen molar-refractivity contribution in [1.29, 1.82) is 0 Å². The summed E-state index contributed by atoms with van der Waals surface area (Å²) in [5.41, 5.74) is 1.58. The number of carbonyl (C=O) groups excluding carboxylic acids is 3. The number of hydrogen-bond donors (Lipinski definition) is 0. The van der Waals surface area contributed by atoms with E-state index in [1.165, 1.54) is 32.5 Å². The van der Waals surface area contributed by atoms with Gasteiger partial charge in [0.2, 0.25) is 0 Å². The second kappa shape index (κ2) is 10.2. The molecule has 0 N–H and O–H groups in total.